The lowest BCUT2D eigenvalue weighted by atomic mass is 10.1. The van der Waals surface area contributed by atoms with Crippen molar-refractivity contribution in [3.05, 3.63) is 11.9 Å². The lowest BCUT2D eigenvalue weighted by Crippen LogP contribution is -2.44. The number of amides is 1. The van der Waals surface area contributed by atoms with E-state index in [1.807, 2.05) is 4.90 Å². The van der Waals surface area contributed by atoms with Gasteiger partial charge in [0.15, 0.2) is 0 Å². The first-order chi connectivity index (χ1) is 9.24. The van der Waals surface area contributed by atoms with Crippen LogP contribution in [0.4, 0.5) is 0 Å². The molecule has 1 unspecified atom stereocenters. The molecular formula is C13H20N4O2. The van der Waals surface area contributed by atoms with Crippen molar-refractivity contribution < 1.29 is 9.53 Å². The quantitative estimate of drug-likeness (QED) is 0.808. The van der Waals surface area contributed by atoms with Crippen molar-refractivity contribution in [3.63, 3.8) is 0 Å². The van der Waals surface area contributed by atoms with Crippen LogP contribution in [0.1, 0.15) is 36.2 Å². The molecule has 2 fully saturated rings. The Morgan fingerprint density at radius 3 is 3.00 bits per heavy atom. The number of hydrogen-bond donors (Lipinski definition) is 0. The fourth-order valence-electron chi connectivity index (χ4n) is 2.46. The van der Waals surface area contributed by atoms with Gasteiger partial charge in [0.25, 0.3) is 5.91 Å². The molecule has 1 aliphatic carbocycles. The molecule has 2 heterocycles. The number of rotatable bonds is 4. The molecule has 6 heteroatoms. The van der Waals surface area contributed by atoms with E-state index < -0.39 is 0 Å². The normalized spacial score (nSPS) is 23.6. The summed E-state index contributed by atoms with van der Waals surface area (Å²) in [6, 6.07) is 0. The van der Waals surface area contributed by atoms with Crippen molar-refractivity contribution in [1.29, 1.82) is 0 Å². The summed E-state index contributed by atoms with van der Waals surface area (Å²) >= 11 is 0. The molecule has 6 nitrogen and oxygen atoms in total. The third-order valence-corrected chi connectivity index (χ3v) is 3.86. The van der Waals surface area contributed by atoms with Gasteiger partial charge >= 0.3 is 0 Å². The molecule has 2 aliphatic rings. The molecule has 0 aromatic carbocycles. The van der Waals surface area contributed by atoms with Crippen LogP contribution in [0, 0.1) is 5.92 Å². The third-order valence-electron chi connectivity index (χ3n) is 3.86. The number of carbonyl (C=O) groups is 1. The van der Waals surface area contributed by atoms with E-state index in [9.17, 15) is 4.79 Å². The standard InChI is InChI=1S/C13H20N4O2/c1-16-12(7-14-15-16)13(18)17-6-2-3-11(8-17)19-9-10-4-5-10/h7,10-11H,2-6,8-9H2,1H3. The molecule has 19 heavy (non-hydrogen) atoms. The average molecular weight is 264 g/mol. The van der Waals surface area contributed by atoms with Crippen molar-refractivity contribution in [2.75, 3.05) is 19.7 Å². The number of ether oxygens (including phenoxy) is 1. The topological polar surface area (TPSA) is 60.2 Å². The van der Waals surface area contributed by atoms with Gasteiger partial charge in [0.1, 0.15) is 5.69 Å². The van der Waals surface area contributed by atoms with E-state index in [2.05, 4.69) is 10.3 Å². The molecule has 1 aromatic rings. The van der Waals surface area contributed by atoms with Crippen LogP contribution in [0.25, 0.3) is 0 Å². The lowest BCUT2D eigenvalue weighted by Gasteiger charge is -2.32. The number of carbonyl (C=O) groups excluding carboxylic acids is 1. The molecule has 1 atom stereocenters. The molecule has 0 spiro atoms. The summed E-state index contributed by atoms with van der Waals surface area (Å²) < 4.78 is 7.43. The number of nitrogens with zero attached hydrogens (tertiary/aromatic N) is 4. The first-order valence-electron chi connectivity index (χ1n) is 6.99. The summed E-state index contributed by atoms with van der Waals surface area (Å²) in [5.74, 6) is 0.777. The van der Waals surface area contributed by atoms with Gasteiger partial charge in [-0.3, -0.25) is 4.79 Å². The Labute approximate surface area is 112 Å². The maximum absolute atomic E-state index is 12.3. The Balaban J connectivity index is 1.57. The zero-order valence-corrected chi connectivity index (χ0v) is 11.3. The van der Waals surface area contributed by atoms with Crippen LogP contribution >= 0.6 is 0 Å². The van der Waals surface area contributed by atoms with Crippen LogP contribution in [0.5, 0.6) is 0 Å². The summed E-state index contributed by atoms with van der Waals surface area (Å²) in [7, 11) is 1.74. The van der Waals surface area contributed by atoms with E-state index in [-0.39, 0.29) is 12.0 Å². The Hall–Kier alpha value is -1.43. The highest BCUT2D eigenvalue weighted by Gasteiger charge is 2.28. The predicted molar refractivity (Wildman–Crippen MR) is 68.6 cm³/mol. The van der Waals surface area contributed by atoms with Crippen molar-refractivity contribution in [1.82, 2.24) is 19.9 Å². The van der Waals surface area contributed by atoms with E-state index in [0.29, 0.717) is 12.2 Å². The Bertz CT molecular complexity index is 455. The van der Waals surface area contributed by atoms with E-state index in [1.165, 1.54) is 23.7 Å². The molecule has 3 rings (SSSR count). The Morgan fingerprint density at radius 1 is 1.47 bits per heavy atom. The molecule has 1 saturated carbocycles. The van der Waals surface area contributed by atoms with Gasteiger partial charge < -0.3 is 9.64 Å². The molecule has 0 N–H and O–H groups in total. The molecule has 0 radical (unpaired) electrons. The molecule has 1 aromatic heterocycles. The zero-order chi connectivity index (χ0) is 13.2. The number of aromatic nitrogens is 3. The second-order valence-corrected chi connectivity index (χ2v) is 5.53. The van der Waals surface area contributed by atoms with E-state index >= 15 is 0 Å². The van der Waals surface area contributed by atoms with Gasteiger partial charge in [-0.15, -0.1) is 5.10 Å². The summed E-state index contributed by atoms with van der Waals surface area (Å²) in [4.78, 5) is 14.2. The van der Waals surface area contributed by atoms with E-state index in [1.54, 1.807) is 7.05 Å². The summed E-state index contributed by atoms with van der Waals surface area (Å²) in [6.07, 6.45) is 6.38. The van der Waals surface area contributed by atoms with Gasteiger partial charge in [0, 0.05) is 26.7 Å². The molecule has 104 valence electrons. The van der Waals surface area contributed by atoms with Gasteiger partial charge in [0.2, 0.25) is 0 Å². The fraction of sp³-hybridized carbons (Fsp3) is 0.769. The van der Waals surface area contributed by atoms with Crippen LogP contribution in [-0.4, -0.2) is 51.6 Å². The summed E-state index contributed by atoms with van der Waals surface area (Å²) in [5, 5.41) is 7.57. The molecule has 1 amide bonds. The second kappa shape index (κ2) is 5.28. The Kier molecular flexibility index (Phi) is 3.50. The largest absolute Gasteiger partial charge is 0.376 e. The van der Waals surface area contributed by atoms with Crippen LogP contribution < -0.4 is 0 Å². The van der Waals surface area contributed by atoms with Crippen molar-refractivity contribution >= 4 is 5.91 Å². The van der Waals surface area contributed by atoms with E-state index in [4.69, 9.17) is 4.74 Å². The van der Waals surface area contributed by atoms with Crippen LogP contribution in [-0.2, 0) is 11.8 Å². The SMILES string of the molecule is Cn1nncc1C(=O)N1CCCC(OCC2CC2)C1. The van der Waals surface area contributed by atoms with Gasteiger partial charge in [-0.2, -0.15) is 0 Å². The second-order valence-electron chi connectivity index (χ2n) is 5.53. The number of likely N-dealkylation sites (tertiary alicyclic amines) is 1. The average Bonchev–Trinajstić information content (AvgIpc) is 3.17. The van der Waals surface area contributed by atoms with E-state index in [0.717, 1.165) is 31.9 Å². The first kappa shape index (κ1) is 12.6. The highest BCUT2D eigenvalue weighted by atomic mass is 16.5. The molecular weight excluding hydrogens is 244 g/mol. The fourth-order valence-corrected chi connectivity index (χ4v) is 2.46. The lowest BCUT2D eigenvalue weighted by molar-refractivity contribution is -0.00274. The van der Waals surface area contributed by atoms with Crippen molar-refractivity contribution in [3.8, 4) is 0 Å². The highest BCUT2D eigenvalue weighted by Crippen LogP contribution is 2.30. The number of aryl methyl sites for hydroxylation is 1. The smallest absolute Gasteiger partial charge is 0.273 e. The van der Waals surface area contributed by atoms with Crippen LogP contribution in [0.15, 0.2) is 6.20 Å². The first-order valence-corrected chi connectivity index (χ1v) is 6.99. The summed E-state index contributed by atoms with van der Waals surface area (Å²) in [6.45, 7) is 2.35. The van der Waals surface area contributed by atoms with Crippen molar-refractivity contribution in [2.45, 2.75) is 31.8 Å². The maximum Gasteiger partial charge on any atom is 0.273 e. The zero-order valence-electron chi connectivity index (χ0n) is 11.3. The maximum atomic E-state index is 12.3. The monoisotopic (exact) mass is 264 g/mol. The minimum Gasteiger partial charge on any atom is -0.376 e. The molecule has 1 saturated heterocycles. The number of piperidine rings is 1. The summed E-state index contributed by atoms with van der Waals surface area (Å²) in [5.41, 5.74) is 0.544. The van der Waals surface area contributed by atoms with Crippen LogP contribution in [0.3, 0.4) is 0 Å². The molecule has 0 bridgehead atoms. The van der Waals surface area contributed by atoms with Gasteiger partial charge in [-0.1, -0.05) is 5.21 Å². The van der Waals surface area contributed by atoms with Crippen LogP contribution in [0.2, 0.25) is 0 Å². The predicted octanol–water partition coefficient (Wildman–Crippen LogP) is 0.846. The third kappa shape index (κ3) is 2.94. The highest BCUT2D eigenvalue weighted by molar-refractivity contribution is 5.92. The number of hydrogen-bond acceptors (Lipinski definition) is 4. The molecule has 1 aliphatic heterocycles. The van der Waals surface area contributed by atoms with Gasteiger partial charge in [0.05, 0.1) is 12.3 Å². The van der Waals surface area contributed by atoms with Gasteiger partial charge in [-0.25, -0.2) is 4.68 Å². The van der Waals surface area contributed by atoms with Gasteiger partial charge in [-0.05, 0) is 31.6 Å². The Morgan fingerprint density at radius 2 is 2.32 bits per heavy atom. The minimum absolute atomic E-state index is 0.00669. The van der Waals surface area contributed by atoms with Crippen molar-refractivity contribution in [2.24, 2.45) is 13.0 Å². The minimum atomic E-state index is 0.00669.